The van der Waals surface area contributed by atoms with E-state index in [2.05, 4.69) is 15.6 Å². The molecule has 2 amide bonds. The van der Waals surface area contributed by atoms with E-state index in [4.69, 9.17) is 0 Å². The number of nitrogens with one attached hydrogen (secondary N) is 2. The minimum atomic E-state index is -0.916. The van der Waals surface area contributed by atoms with Gasteiger partial charge in [0.05, 0.1) is 17.8 Å². The van der Waals surface area contributed by atoms with Crippen molar-refractivity contribution in [1.82, 2.24) is 20.0 Å². The molecule has 0 saturated heterocycles. The van der Waals surface area contributed by atoms with E-state index in [1.807, 2.05) is 22.2 Å². The number of thiazole rings is 1. The SMILES string of the molecule is O=C(CCCNC(=O)c1ccc(F)cc1F)NCc1cn2ccsc2n1. The standard InChI is InChI=1S/C17H16F2N4O2S/c18-11-3-4-13(14(19)8-11)16(25)20-5-1-2-15(24)21-9-12-10-23-6-7-26-17(23)22-12/h3-4,6-8,10H,1-2,5,9H2,(H,20,25)(H,21,24). The van der Waals surface area contributed by atoms with Crippen molar-refractivity contribution >= 4 is 28.1 Å². The number of imidazole rings is 1. The van der Waals surface area contributed by atoms with E-state index in [0.29, 0.717) is 19.0 Å². The second-order valence-electron chi connectivity index (χ2n) is 5.59. The summed E-state index contributed by atoms with van der Waals surface area (Å²) in [5.74, 6) is -2.46. The Labute approximate surface area is 151 Å². The first-order valence-electron chi connectivity index (χ1n) is 7.94. The number of amides is 2. The molecule has 0 unspecified atom stereocenters. The molecule has 0 fully saturated rings. The number of carbonyl (C=O) groups is 2. The van der Waals surface area contributed by atoms with Gasteiger partial charge in [0.25, 0.3) is 5.91 Å². The molecule has 3 aromatic rings. The summed E-state index contributed by atoms with van der Waals surface area (Å²) in [5, 5.41) is 7.19. The van der Waals surface area contributed by atoms with Gasteiger partial charge in [-0.05, 0) is 18.6 Å². The van der Waals surface area contributed by atoms with Crippen molar-refractivity contribution in [2.24, 2.45) is 0 Å². The van der Waals surface area contributed by atoms with Crippen molar-refractivity contribution in [1.29, 1.82) is 0 Å². The number of rotatable bonds is 7. The first-order valence-corrected chi connectivity index (χ1v) is 8.82. The van der Waals surface area contributed by atoms with Crippen LogP contribution in [0.3, 0.4) is 0 Å². The summed E-state index contributed by atoms with van der Waals surface area (Å²) < 4.78 is 28.2. The quantitative estimate of drug-likeness (QED) is 0.621. The van der Waals surface area contributed by atoms with Crippen LogP contribution in [0.2, 0.25) is 0 Å². The van der Waals surface area contributed by atoms with Crippen LogP contribution in [-0.2, 0) is 11.3 Å². The van der Waals surface area contributed by atoms with Gasteiger partial charge in [0.15, 0.2) is 4.96 Å². The highest BCUT2D eigenvalue weighted by molar-refractivity contribution is 7.15. The van der Waals surface area contributed by atoms with Crippen molar-refractivity contribution in [2.45, 2.75) is 19.4 Å². The Morgan fingerprint density at radius 3 is 2.85 bits per heavy atom. The van der Waals surface area contributed by atoms with Gasteiger partial charge in [-0.1, -0.05) is 0 Å². The highest BCUT2D eigenvalue weighted by Crippen LogP contribution is 2.11. The molecule has 0 bridgehead atoms. The van der Waals surface area contributed by atoms with Gasteiger partial charge in [-0.3, -0.25) is 14.0 Å². The highest BCUT2D eigenvalue weighted by atomic mass is 32.1. The maximum absolute atomic E-state index is 13.5. The number of hydrogen-bond acceptors (Lipinski definition) is 4. The van der Waals surface area contributed by atoms with Crippen molar-refractivity contribution in [3.8, 4) is 0 Å². The molecule has 0 aliphatic rings. The molecule has 9 heteroatoms. The Morgan fingerprint density at radius 1 is 1.23 bits per heavy atom. The smallest absolute Gasteiger partial charge is 0.254 e. The van der Waals surface area contributed by atoms with E-state index in [9.17, 15) is 18.4 Å². The lowest BCUT2D eigenvalue weighted by Crippen LogP contribution is -2.28. The molecule has 0 saturated carbocycles. The second-order valence-corrected chi connectivity index (χ2v) is 6.46. The largest absolute Gasteiger partial charge is 0.352 e. The van der Waals surface area contributed by atoms with Crippen LogP contribution in [0.15, 0.2) is 36.0 Å². The summed E-state index contributed by atoms with van der Waals surface area (Å²) >= 11 is 1.51. The molecule has 1 aromatic carbocycles. The zero-order valence-corrected chi connectivity index (χ0v) is 14.5. The monoisotopic (exact) mass is 378 g/mol. The van der Waals surface area contributed by atoms with Crippen LogP contribution >= 0.6 is 11.3 Å². The fourth-order valence-corrected chi connectivity index (χ4v) is 3.08. The van der Waals surface area contributed by atoms with E-state index in [1.165, 1.54) is 11.3 Å². The average Bonchev–Trinajstić information content (AvgIpc) is 3.18. The molecule has 26 heavy (non-hydrogen) atoms. The molecule has 0 radical (unpaired) electrons. The summed E-state index contributed by atoms with van der Waals surface area (Å²) in [6, 6.07) is 2.76. The molecule has 136 valence electrons. The first-order chi connectivity index (χ1) is 12.5. The maximum atomic E-state index is 13.5. The van der Waals surface area contributed by atoms with Gasteiger partial charge in [-0.2, -0.15) is 0 Å². The molecule has 0 aliphatic heterocycles. The zero-order valence-electron chi connectivity index (χ0n) is 13.7. The van der Waals surface area contributed by atoms with E-state index in [-0.39, 0.29) is 24.4 Å². The fraction of sp³-hybridized carbons (Fsp3) is 0.235. The Bertz CT molecular complexity index is 909. The number of benzene rings is 1. The normalized spacial score (nSPS) is 10.8. The summed E-state index contributed by atoms with van der Waals surface area (Å²) in [5.41, 5.74) is 0.542. The molecule has 2 N–H and O–H groups in total. The number of halogens is 2. The fourth-order valence-electron chi connectivity index (χ4n) is 2.36. The van der Waals surface area contributed by atoms with Gasteiger partial charge in [0.1, 0.15) is 11.6 Å². The number of nitrogens with zero attached hydrogens (tertiary/aromatic N) is 2. The van der Waals surface area contributed by atoms with Crippen LogP contribution in [-0.4, -0.2) is 27.7 Å². The van der Waals surface area contributed by atoms with E-state index >= 15 is 0 Å². The average molecular weight is 378 g/mol. The number of fused-ring (bicyclic) bond motifs is 1. The number of carbonyl (C=O) groups excluding carboxylic acids is 2. The Hall–Kier alpha value is -2.81. The van der Waals surface area contributed by atoms with Crippen LogP contribution in [0.4, 0.5) is 8.78 Å². The Kier molecular flexibility index (Phi) is 5.57. The van der Waals surface area contributed by atoms with Crippen molar-refractivity contribution < 1.29 is 18.4 Å². The molecule has 0 atom stereocenters. The third kappa shape index (κ3) is 4.42. The molecule has 3 rings (SSSR count). The van der Waals surface area contributed by atoms with Crippen molar-refractivity contribution in [3.05, 3.63) is 58.9 Å². The van der Waals surface area contributed by atoms with E-state index in [0.717, 1.165) is 22.8 Å². The van der Waals surface area contributed by atoms with Gasteiger partial charge in [-0.15, -0.1) is 11.3 Å². The van der Waals surface area contributed by atoms with Crippen LogP contribution < -0.4 is 10.6 Å². The second kappa shape index (κ2) is 8.05. The van der Waals surface area contributed by atoms with Gasteiger partial charge in [-0.25, -0.2) is 13.8 Å². The predicted molar refractivity (Wildman–Crippen MR) is 92.8 cm³/mol. The lowest BCUT2D eigenvalue weighted by molar-refractivity contribution is -0.121. The third-order valence-electron chi connectivity index (χ3n) is 3.65. The summed E-state index contributed by atoms with van der Waals surface area (Å²) in [6.07, 6.45) is 4.36. The topological polar surface area (TPSA) is 75.5 Å². The van der Waals surface area contributed by atoms with Crippen LogP contribution in [0, 0.1) is 11.6 Å². The summed E-state index contributed by atoms with van der Waals surface area (Å²) in [4.78, 5) is 28.9. The molecule has 6 nitrogen and oxygen atoms in total. The first kappa shape index (κ1) is 18.0. The van der Waals surface area contributed by atoms with Gasteiger partial charge < -0.3 is 10.6 Å². The van der Waals surface area contributed by atoms with Crippen LogP contribution in [0.1, 0.15) is 28.9 Å². The van der Waals surface area contributed by atoms with Gasteiger partial charge in [0.2, 0.25) is 5.91 Å². The molecular formula is C17H16F2N4O2S. The minimum Gasteiger partial charge on any atom is -0.352 e. The maximum Gasteiger partial charge on any atom is 0.254 e. The lowest BCUT2D eigenvalue weighted by Gasteiger charge is -2.06. The van der Waals surface area contributed by atoms with Crippen molar-refractivity contribution in [3.63, 3.8) is 0 Å². The van der Waals surface area contributed by atoms with Gasteiger partial charge in [0, 0.05) is 36.8 Å². The van der Waals surface area contributed by atoms with E-state index in [1.54, 1.807) is 0 Å². The van der Waals surface area contributed by atoms with Crippen LogP contribution in [0.5, 0.6) is 0 Å². The molecule has 2 heterocycles. The molecule has 2 aromatic heterocycles. The predicted octanol–water partition coefficient (Wildman–Crippen LogP) is 2.50. The molecule has 0 spiro atoms. The summed E-state index contributed by atoms with van der Waals surface area (Å²) in [7, 11) is 0. The van der Waals surface area contributed by atoms with E-state index < -0.39 is 17.5 Å². The van der Waals surface area contributed by atoms with Crippen LogP contribution in [0.25, 0.3) is 4.96 Å². The van der Waals surface area contributed by atoms with Crippen molar-refractivity contribution in [2.75, 3.05) is 6.54 Å². The molecule has 0 aliphatic carbocycles. The summed E-state index contributed by atoms with van der Waals surface area (Å²) in [6.45, 7) is 0.545. The van der Waals surface area contributed by atoms with Gasteiger partial charge >= 0.3 is 0 Å². The Morgan fingerprint density at radius 2 is 2.08 bits per heavy atom. The number of aromatic nitrogens is 2. The minimum absolute atomic E-state index is 0.163. The third-order valence-corrected chi connectivity index (χ3v) is 4.42. The Balaban J connectivity index is 1.37. The highest BCUT2D eigenvalue weighted by Gasteiger charge is 2.12. The molecular weight excluding hydrogens is 362 g/mol. The zero-order chi connectivity index (χ0) is 18.5. The lowest BCUT2D eigenvalue weighted by atomic mass is 10.2. The number of hydrogen-bond donors (Lipinski definition) is 2.